The van der Waals surface area contributed by atoms with Crippen molar-refractivity contribution in [2.45, 2.75) is 0 Å². The number of nitrogens with one attached hydrogen (secondary N) is 1. The van der Waals surface area contributed by atoms with E-state index in [0.29, 0.717) is 5.56 Å². The molecule has 2 rings (SSSR count). The molecular weight excluding hydrogens is 280 g/mol. The molecule has 0 saturated heterocycles. The van der Waals surface area contributed by atoms with Gasteiger partial charge in [-0.1, -0.05) is 11.6 Å². The minimum absolute atomic E-state index is 0.141. The minimum atomic E-state index is -0.573. The molecule has 0 saturated carbocycles. The van der Waals surface area contributed by atoms with Crippen LogP contribution in [0.2, 0.25) is 5.15 Å². The monoisotopic (exact) mass is 284 g/mol. The van der Waals surface area contributed by atoms with Crippen LogP contribution in [0, 0.1) is 10.1 Å². The summed E-state index contributed by atoms with van der Waals surface area (Å²) in [7, 11) is 0. The highest BCUT2D eigenvalue weighted by Crippen LogP contribution is 2.25. The minimum Gasteiger partial charge on any atom is -0.298 e. The number of nitro groups is 1. The maximum Gasteiger partial charge on any atom is 0.345 e. The predicted molar refractivity (Wildman–Crippen MR) is 66.0 cm³/mol. The lowest BCUT2D eigenvalue weighted by atomic mass is 10.2. The Kier molecular flexibility index (Phi) is 3.49. The second kappa shape index (κ2) is 5.07. The second-order valence-electron chi connectivity index (χ2n) is 3.08. The number of carbonyl (C=O) groups is 1. The van der Waals surface area contributed by atoms with Gasteiger partial charge in [0.2, 0.25) is 0 Å². The summed E-state index contributed by atoms with van der Waals surface area (Å²) in [6.45, 7) is 0. The Labute approximate surface area is 110 Å². The fourth-order valence-electron chi connectivity index (χ4n) is 1.12. The summed E-state index contributed by atoms with van der Waals surface area (Å²) in [6.07, 6.45) is 2.47. The Balaban J connectivity index is 2.13. The van der Waals surface area contributed by atoms with Gasteiger partial charge in [-0.3, -0.25) is 20.2 Å². The molecule has 0 spiro atoms. The first-order valence-electron chi connectivity index (χ1n) is 4.59. The quantitative estimate of drug-likeness (QED) is 0.530. The van der Waals surface area contributed by atoms with Crippen LogP contribution in [0.5, 0.6) is 0 Å². The molecule has 2 heterocycles. The van der Waals surface area contributed by atoms with Crippen LogP contribution in [-0.4, -0.2) is 20.8 Å². The van der Waals surface area contributed by atoms with Gasteiger partial charge in [0.05, 0.1) is 4.92 Å². The number of hydrogen-bond donors (Lipinski definition) is 1. The van der Waals surface area contributed by atoms with Gasteiger partial charge in [0.25, 0.3) is 5.91 Å². The van der Waals surface area contributed by atoms with E-state index in [1.54, 1.807) is 0 Å². The summed E-state index contributed by atoms with van der Waals surface area (Å²) < 4.78 is 0. The van der Waals surface area contributed by atoms with Crippen LogP contribution in [0.1, 0.15) is 10.4 Å². The van der Waals surface area contributed by atoms with E-state index in [2.05, 4.69) is 15.3 Å². The molecular formula is C9H5ClN4O3S. The van der Waals surface area contributed by atoms with Crippen LogP contribution >= 0.6 is 22.9 Å². The number of hydrogen-bond acceptors (Lipinski definition) is 6. The van der Waals surface area contributed by atoms with Crippen LogP contribution < -0.4 is 5.32 Å². The van der Waals surface area contributed by atoms with E-state index in [4.69, 9.17) is 11.6 Å². The zero-order chi connectivity index (χ0) is 13.1. The first kappa shape index (κ1) is 12.4. The number of anilines is 1. The lowest BCUT2D eigenvalue weighted by Crippen LogP contribution is -2.11. The average Bonchev–Trinajstić information content (AvgIpc) is 2.77. The molecule has 0 bridgehead atoms. The summed E-state index contributed by atoms with van der Waals surface area (Å²) in [6, 6.07) is 2.86. The van der Waals surface area contributed by atoms with E-state index in [1.165, 1.54) is 18.3 Å². The molecule has 0 aliphatic rings. The van der Waals surface area contributed by atoms with Gasteiger partial charge < -0.3 is 0 Å². The van der Waals surface area contributed by atoms with Gasteiger partial charge in [-0.25, -0.2) is 9.97 Å². The largest absolute Gasteiger partial charge is 0.345 e. The molecule has 2 aromatic rings. The third-order valence-corrected chi connectivity index (χ3v) is 2.95. The van der Waals surface area contributed by atoms with Gasteiger partial charge in [-0.15, -0.1) is 0 Å². The molecule has 9 heteroatoms. The molecule has 0 aromatic carbocycles. The number of pyridine rings is 1. The van der Waals surface area contributed by atoms with Crippen LogP contribution in [0.25, 0.3) is 0 Å². The molecule has 0 aliphatic heterocycles. The van der Waals surface area contributed by atoms with E-state index in [0.717, 1.165) is 17.5 Å². The lowest BCUT2D eigenvalue weighted by molar-refractivity contribution is -0.380. The van der Waals surface area contributed by atoms with Crippen LogP contribution in [0.3, 0.4) is 0 Å². The van der Waals surface area contributed by atoms with Crippen molar-refractivity contribution in [3.05, 3.63) is 45.4 Å². The van der Waals surface area contributed by atoms with Crippen molar-refractivity contribution < 1.29 is 9.72 Å². The van der Waals surface area contributed by atoms with E-state index in [-0.39, 0.29) is 15.3 Å². The normalized spacial score (nSPS) is 10.1. The van der Waals surface area contributed by atoms with Gasteiger partial charge in [-0.05, 0) is 23.5 Å². The second-order valence-corrected chi connectivity index (χ2v) is 4.48. The third-order valence-electron chi connectivity index (χ3n) is 1.88. The molecule has 1 amide bonds. The molecule has 2 aromatic heterocycles. The van der Waals surface area contributed by atoms with Gasteiger partial charge >= 0.3 is 5.00 Å². The van der Waals surface area contributed by atoms with Crippen LogP contribution in [0.15, 0.2) is 24.5 Å². The van der Waals surface area contributed by atoms with Gasteiger partial charge in [0.1, 0.15) is 11.3 Å². The summed E-state index contributed by atoms with van der Waals surface area (Å²) >= 11 is 6.42. The van der Waals surface area contributed by atoms with Gasteiger partial charge in [0, 0.05) is 11.8 Å². The third kappa shape index (κ3) is 2.79. The molecule has 1 N–H and O–H groups in total. The smallest absolute Gasteiger partial charge is 0.298 e. The topological polar surface area (TPSA) is 98.0 Å². The Bertz CT molecular complexity index is 615. The van der Waals surface area contributed by atoms with Crippen LogP contribution in [-0.2, 0) is 0 Å². The zero-order valence-electron chi connectivity index (χ0n) is 8.66. The number of aromatic nitrogens is 2. The number of nitrogens with zero attached hydrogens (tertiary/aromatic N) is 3. The Morgan fingerprint density at radius 1 is 1.50 bits per heavy atom. The highest BCUT2D eigenvalue weighted by atomic mass is 35.5. The van der Waals surface area contributed by atoms with Crippen molar-refractivity contribution in [1.82, 2.24) is 9.97 Å². The van der Waals surface area contributed by atoms with E-state index < -0.39 is 10.8 Å². The zero-order valence-corrected chi connectivity index (χ0v) is 10.2. The number of halogens is 1. The van der Waals surface area contributed by atoms with Crippen molar-refractivity contribution in [3.63, 3.8) is 0 Å². The highest BCUT2D eigenvalue weighted by molar-refractivity contribution is 7.18. The van der Waals surface area contributed by atoms with E-state index in [1.807, 2.05) is 0 Å². The standard InChI is InChI=1S/C9H5ClN4O3S/c10-6-3-5(1-2-11-6)8(15)13-9-12-4-7(18-9)14(16)17/h1-4H,(H,12,13,15). The molecule has 0 unspecified atom stereocenters. The summed E-state index contributed by atoms with van der Waals surface area (Å²) in [4.78, 5) is 29.1. The highest BCUT2D eigenvalue weighted by Gasteiger charge is 2.14. The van der Waals surface area contributed by atoms with E-state index in [9.17, 15) is 14.9 Å². The van der Waals surface area contributed by atoms with Gasteiger partial charge in [-0.2, -0.15) is 0 Å². The predicted octanol–water partition coefficient (Wildman–Crippen LogP) is 2.35. The summed E-state index contributed by atoms with van der Waals surface area (Å²) in [5, 5.41) is 13.1. The van der Waals surface area contributed by atoms with Crippen LogP contribution in [0.4, 0.5) is 10.1 Å². The molecule has 0 aliphatic carbocycles. The van der Waals surface area contributed by atoms with Crippen molar-refractivity contribution in [2.75, 3.05) is 5.32 Å². The first-order chi connectivity index (χ1) is 8.56. The number of carbonyl (C=O) groups excluding carboxylic acids is 1. The number of rotatable bonds is 3. The van der Waals surface area contributed by atoms with Gasteiger partial charge in [0.15, 0.2) is 5.13 Å². The fourth-order valence-corrected chi connectivity index (χ4v) is 1.92. The molecule has 0 radical (unpaired) electrons. The average molecular weight is 285 g/mol. The molecule has 0 atom stereocenters. The Morgan fingerprint density at radius 3 is 2.89 bits per heavy atom. The van der Waals surface area contributed by atoms with E-state index >= 15 is 0 Å². The van der Waals surface area contributed by atoms with Crippen molar-refractivity contribution >= 4 is 39.0 Å². The molecule has 0 fully saturated rings. The number of amides is 1. The lowest BCUT2D eigenvalue weighted by Gasteiger charge is -2.00. The van der Waals surface area contributed by atoms with Crippen molar-refractivity contribution in [3.8, 4) is 0 Å². The summed E-state index contributed by atoms with van der Waals surface area (Å²) in [5.74, 6) is -0.455. The maximum absolute atomic E-state index is 11.7. The molecule has 92 valence electrons. The maximum atomic E-state index is 11.7. The first-order valence-corrected chi connectivity index (χ1v) is 5.79. The van der Waals surface area contributed by atoms with Crippen molar-refractivity contribution in [1.29, 1.82) is 0 Å². The SMILES string of the molecule is O=C(Nc1ncc([N+](=O)[O-])s1)c1ccnc(Cl)c1. The Hall–Kier alpha value is -2.06. The molecule has 18 heavy (non-hydrogen) atoms. The van der Waals surface area contributed by atoms with Crippen molar-refractivity contribution in [2.24, 2.45) is 0 Å². The fraction of sp³-hybridized carbons (Fsp3) is 0. The Morgan fingerprint density at radius 2 is 2.28 bits per heavy atom. The summed E-state index contributed by atoms with van der Waals surface area (Å²) in [5.41, 5.74) is 0.299. The molecule has 7 nitrogen and oxygen atoms in total. The number of thiazole rings is 1.